The fourth-order valence-corrected chi connectivity index (χ4v) is 3.64. The summed E-state index contributed by atoms with van der Waals surface area (Å²) in [6, 6.07) is 19.3. The van der Waals surface area contributed by atoms with Gasteiger partial charge in [-0.2, -0.15) is 5.26 Å². The monoisotopic (exact) mass is 443 g/mol. The largest absolute Gasteiger partial charge is 0.496 e. The topological polar surface area (TPSA) is 138 Å². The van der Waals surface area contributed by atoms with Gasteiger partial charge in [0.25, 0.3) is 5.69 Å². The number of rotatable bonds is 5. The number of nitrogens with two attached hydrogens (primary N) is 1. The molecule has 164 valence electrons. The normalized spacial score (nSPS) is 14.5. The molecule has 2 N–H and O–H groups in total. The lowest BCUT2D eigenvalue weighted by atomic mass is 9.83. The molecule has 3 aromatic rings. The van der Waals surface area contributed by atoms with Gasteiger partial charge in [-0.05, 0) is 23.8 Å². The van der Waals surface area contributed by atoms with Gasteiger partial charge < -0.3 is 19.9 Å². The number of allylic oxidation sites excluding steroid dienone is 1. The van der Waals surface area contributed by atoms with Crippen molar-refractivity contribution in [2.45, 2.75) is 5.92 Å². The number of benzene rings is 3. The molecule has 33 heavy (non-hydrogen) atoms. The zero-order valence-electron chi connectivity index (χ0n) is 17.3. The zero-order chi connectivity index (χ0) is 23.5. The van der Waals surface area contributed by atoms with Gasteiger partial charge in [-0.15, -0.1) is 0 Å². The molecule has 1 atom stereocenters. The van der Waals surface area contributed by atoms with Crippen LogP contribution in [0.5, 0.6) is 17.2 Å². The summed E-state index contributed by atoms with van der Waals surface area (Å²) < 4.78 is 16.3. The molecule has 0 aromatic heterocycles. The Hall–Kier alpha value is -4.84. The first-order valence-corrected chi connectivity index (χ1v) is 9.74. The quantitative estimate of drug-likeness (QED) is 0.270. The highest BCUT2D eigenvalue weighted by atomic mass is 16.6. The van der Waals surface area contributed by atoms with Crippen LogP contribution in [0.1, 0.15) is 27.4 Å². The summed E-state index contributed by atoms with van der Waals surface area (Å²) >= 11 is 0. The van der Waals surface area contributed by atoms with Gasteiger partial charge in [-0.25, -0.2) is 4.79 Å². The number of fused-ring (bicyclic) bond motifs is 1. The van der Waals surface area contributed by atoms with Gasteiger partial charge in [0.15, 0.2) is 0 Å². The Bertz CT molecular complexity index is 1340. The second-order valence-corrected chi connectivity index (χ2v) is 7.07. The van der Waals surface area contributed by atoms with Gasteiger partial charge >= 0.3 is 5.97 Å². The average Bonchev–Trinajstić information content (AvgIpc) is 2.83. The highest BCUT2D eigenvalue weighted by Gasteiger charge is 2.32. The maximum Gasteiger partial charge on any atom is 0.347 e. The molecule has 9 nitrogen and oxygen atoms in total. The van der Waals surface area contributed by atoms with E-state index in [2.05, 4.69) is 0 Å². The van der Waals surface area contributed by atoms with Crippen molar-refractivity contribution in [2.75, 3.05) is 7.11 Å². The van der Waals surface area contributed by atoms with Crippen molar-refractivity contribution in [1.82, 2.24) is 0 Å². The minimum Gasteiger partial charge on any atom is -0.496 e. The number of nitrogens with zero attached hydrogens (tertiary/aromatic N) is 2. The van der Waals surface area contributed by atoms with Crippen LogP contribution in [0.15, 0.2) is 78.2 Å². The number of hydrogen-bond acceptors (Lipinski definition) is 8. The van der Waals surface area contributed by atoms with Crippen LogP contribution in [0, 0.1) is 21.4 Å². The number of nitro groups is 1. The first kappa shape index (κ1) is 21.4. The maximum absolute atomic E-state index is 12.6. The third kappa shape index (κ3) is 4.05. The van der Waals surface area contributed by atoms with Crippen molar-refractivity contribution in [3.63, 3.8) is 0 Å². The lowest BCUT2D eigenvalue weighted by Crippen LogP contribution is -2.21. The number of esters is 1. The molecule has 4 rings (SSSR count). The summed E-state index contributed by atoms with van der Waals surface area (Å²) in [4.78, 5) is 23.3. The number of non-ortho nitro benzene ring substituents is 1. The lowest BCUT2D eigenvalue weighted by molar-refractivity contribution is -0.384. The molecule has 0 aliphatic carbocycles. The third-order valence-electron chi connectivity index (χ3n) is 5.14. The van der Waals surface area contributed by atoms with E-state index >= 15 is 0 Å². The van der Waals surface area contributed by atoms with E-state index in [1.165, 1.54) is 31.4 Å². The molecule has 0 spiro atoms. The first-order chi connectivity index (χ1) is 15.9. The van der Waals surface area contributed by atoms with Crippen molar-refractivity contribution < 1.29 is 23.9 Å². The summed E-state index contributed by atoms with van der Waals surface area (Å²) in [5, 5.41) is 20.9. The van der Waals surface area contributed by atoms with E-state index in [-0.39, 0.29) is 34.2 Å². The summed E-state index contributed by atoms with van der Waals surface area (Å²) in [5.74, 6) is -0.607. The van der Waals surface area contributed by atoms with E-state index in [9.17, 15) is 20.2 Å². The van der Waals surface area contributed by atoms with Gasteiger partial charge in [0, 0.05) is 23.8 Å². The Kier molecular flexibility index (Phi) is 5.66. The van der Waals surface area contributed by atoms with Gasteiger partial charge in [-0.1, -0.05) is 30.3 Å². The van der Waals surface area contributed by atoms with Crippen molar-refractivity contribution in [3.8, 4) is 23.3 Å². The highest BCUT2D eigenvalue weighted by molar-refractivity contribution is 5.94. The van der Waals surface area contributed by atoms with Crippen LogP contribution < -0.4 is 19.9 Å². The molecule has 0 amide bonds. The third-order valence-corrected chi connectivity index (χ3v) is 5.14. The van der Waals surface area contributed by atoms with E-state index in [0.29, 0.717) is 16.9 Å². The van der Waals surface area contributed by atoms with Crippen LogP contribution in [0.2, 0.25) is 0 Å². The highest BCUT2D eigenvalue weighted by Crippen LogP contribution is 2.44. The molecule has 1 unspecified atom stereocenters. The molecule has 3 aromatic carbocycles. The Labute approximate surface area is 188 Å². The number of para-hydroxylation sites is 1. The van der Waals surface area contributed by atoms with Gasteiger partial charge in [0.1, 0.15) is 34.5 Å². The predicted molar refractivity (Wildman–Crippen MR) is 117 cm³/mol. The standard InChI is InChI=1S/C24H17N3O6/c1-31-20-8-3-2-7-18(20)24(28)32-16-9-10-17-21(12-16)33-23(26)19(13-25)22(17)14-5-4-6-15(11-14)27(29)30/h2-12,22H,26H2,1H3. The van der Waals surface area contributed by atoms with Crippen molar-refractivity contribution in [3.05, 3.63) is 105 Å². The zero-order valence-corrected chi connectivity index (χ0v) is 17.3. The maximum atomic E-state index is 12.6. The molecule has 0 saturated heterocycles. The smallest absolute Gasteiger partial charge is 0.347 e. The summed E-state index contributed by atoms with van der Waals surface area (Å²) in [6.07, 6.45) is 0. The number of nitro benzene ring substituents is 1. The Morgan fingerprint density at radius 1 is 1.15 bits per heavy atom. The number of nitriles is 1. The number of carbonyl (C=O) groups is 1. The summed E-state index contributed by atoms with van der Waals surface area (Å²) in [6.45, 7) is 0. The second-order valence-electron chi connectivity index (χ2n) is 7.07. The second kappa shape index (κ2) is 8.72. The molecule has 1 aliphatic rings. The number of carbonyl (C=O) groups excluding carboxylic acids is 1. The van der Waals surface area contributed by atoms with E-state index in [1.807, 2.05) is 6.07 Å². The van der Waals surface area contributed by atoms with Crippen LogP contribution in [-0.2, 0) is 0 Å². The SMILES string of the molecule is COc1ccccc1C(=O)Oc1ccc2c(c1)OC(N)=C(C#N)C2c1cccc([N+](=O)[O-])c1. The van der Waals surface area contributed by atoms with Crippen molar-refractivity contribution >= 4 is 11.7 Å². The molecular formula is C24H17N3O6. The van der Waals surface area contributed by atoms with Crippen LogP contribution in [0.4, 0.5) is 5.69 Å². The van der Waals surface area contributed by atoms with Gasteiger partial charge in [0.05, 0.1) is 18.0 Å². The van der Waals surface area contributed by atoms with Gasteiger partial charge in [0.2, 0.25) is 5.88 Å². The molecule has 1 aliphatic heterocycles. The summed E-state index contributed by atoms with van der Waals surface area (Å²) in [7, 11) is 1.45. The number of ether oxygens (including phenoxy) is 3. The molecule has 0 bridgehead atoms. The first-order valence-electron chi connectivity index (χ1n) is 9.74. The predicted octanol–water partition coefficient (Wildman–Crippen LogP) is 4.04. The van der Waals surface area contributed by atoms with Crippen LogP contribution in [0.3, 0.4) is 0 Å². The molecule has 0 saturated carbocycles. The minimum atomic E-state index is -0.683. The number of hydrogen-bond donors (Lipinski definition) is 1. The summed E-state index contributed by atoms with van der Waals surface area (Å²) in [5.41, 5.74) is 7.31. The minimum absolute atomic E-state index is 0.112. The average molecular weight is 443 g/mol. The van der Waals surface area contributed by atoms with E-state index < -0.39 is 16.8 Å². The fraction of sp³-hybridized carbons (Fsp3) is 0.0833. The number of methoxy groups -OCH3 is 1. The Morgan fingerprint density at radius 3 is 2.67 bits per heavy atom. The van der Waals surface area contributed by atoms with Crippen molar-refractivity contribution in [2.24, 2.45) is 5.73 Å². The molecular weight excluding hydrogens is 426 g/mol. The van der Waals surface area contributed by atoms with Gasteiger partial charge in [-0.3, -0.25) is 10.1 Å². The van der Waals surface area contributed by atoms with E-state index in [4.69, 9.17) is 19.9 Å². The molecule has 0 fully saturated rings. The molecule has 0 radical (unpaired) electrons. The lowest BCUT2D eigenvalue weighted by Gasteiger charge is -2.26. The van der Waals surface area contributed by atoms with Crippen LogP contribution in [-0.4, -0.2) is 18.0 Å². The Morgan fingerprint density at radius 2 is 1.94 bits per heavy atom. The van der Waals surface area contributed by atoms with Crippen molar-refractivity contribution in [1.29, 1.82) is 5.26 Å². The van der Waals surface area contributed by atoms with E-state index in [0.717, 1.165) is 0 Å². The molecule has 9 heteroatoms. The fourth-order valence-electron chi connectivity index (χ4n) is 3.64. The molecule has 1 heterocycles. The van der Waals surface area contributed by atoms with Crippen LogP contribution >= 0.6 is 0 Å². The Balaban J connectivity index is 1.72. The van der Waals surface area contributed by atoms with Crippen LogP contribution in [0.25, 0.3) is 0 Å². The van der Waals surface area contributed by atoms with E-state index in [1.54, 1.807) is 42.5 Å².